The summed E-state index contributed by atoms with van der Waals surface area (Å²) in [4.78, 5) is 32.2. The fraction of sp³-hybridized carbons (Fsp3) is 0.550. The molecule has 27 heavy (non-hydrogen) atoms. The molecule has 0 bridgehead atoms. The quantitative estimate of drug-likeness (QED) is 0.637. The van der Waals surface area contributed by atoms with Gasteiger partial charge in [-0.05, 0) is 18.6 Å². The highest BCUT2D eigenvalue weighted by molar-refractivity contribution is 5.78. The van der Waals surface area contributed by atoms with Crippen LogP contribution in [0, 0.1) is 0 Å². The first kappa shape index (κ1) is 21.1. The molecule has 0 spiro atoms. The summed E-state index contributed by atoms with van der Waals surface area (Å²) in [6, 6.07) is 6.99. The second-order valence-electron chi connectivity index (χ2n) is 6.29. The first-order valence-electron chi connectivity index (χ1n) is 9.35. The molecular weight excluding hydrogens is 346 g/mol. The van der Waals surface area contributed by atoms with Crippen LogP contribution in [0.4, 0.5) is 0 Å². The van der Waals surface area contributed by atoms with Crippen LogP contribution in [0.3, 0.4) is 0 Å². The first-order chi connectivity index (χ1) is 13.1. The number of para-hydroxylation sites is 1. The van der Waals surface area contributed by atoms with E-state index >= 15 is 0 Å². The van der Waals surface area contributed by atoms with Gasteiger partial charge in [-0.1, -0.05) is 26.0 Å². The van der Waals surface area contributed by atoms with Crippen molar-refractivity contribution in [3.63, 3.8) is 0 Å². The van der Waals surface area contributed by atoms with Gasteiger partial charge in [0.2, 0.25) is 5.91 Å². The molecule has 7 nitrogen and oxygen atoms in total. The summed E-state index contributed by atoms with van der Waals surface area (Å²) in [5.74, 6) is 0.607. The summed E-state index contributed by atoms with van der Waals surface area (Å²) in [5.41, 5.74) is 0.530. The van der Waals surface area contributed by atoms with E-state index < -0.39 is 0 Å². The van der Waals surface area contributed by atoms with E-state index in [1.54, 1.807) is 29.8 Å². The van der Waals surface area contributed by atoms with Crippen LogP contribution in [0.25, 0.3) is 10.9 Å². The van der Waals surface area contributed by atoms with Gasteiger partial charge in [-0.3, -0.25) is 14.2 Å². The molecule has 1 aromatic carbocycles. The lowest BCUT2D eigenvalue weighted by Crippen LogP contribution is -2.40. The molecule has 0 aliphatic carbocycles. The molecular formula is C20H29N3O4. The third-order valence-electron chi connectivity index (χ3n) is 4.63. The summed E-state index contributed by atoms with van der Waals surface area (Å²) >= 11 is 0. The number of nitrogens with zero attached hydrogens (tertiary/aromatic N) is 3. The van der Waals surface area contributed by atoms with Gasteiger partial charge in [0.05, 0.1) is 36.7 Å². The maximum atomic E-state index is 13.1. The van der Waals surface area contributed by atoms with E-state index in [9.17, 15) is 9.59 Å². The summed E-state index contributed by atoms with van der Waals surface area (Å²) in [6.45, 7) is 5.49. The second kappa shape index (κ2) is 10.2. The van der Waals surface area contributed by atoms with Crippen molar-refractivity contribution in [1.29, 1.82) is 0 Å². The Morgan fingerprint density at radius 3 is 2.52 bits per heavy atom. The van der Waals surface area contributed by atoms with Crippen LogP contribution in [0.5, 0.6) is 0 Å². The molecule has 1 atom stereocenters. The largest absolute Gasteiger partial charge is 0.383 e. The van der Waals surface area contributed by atoms with Crippen LogP contribution in [0.2, 0.25) is 0 Å². The Bertz CT molecular complexity index is 818. The molecule has 1 heterocycles. The molecule has 1 amide bonds. The molecule has 0 aliphatic heterocycles. The van der Waals surface area contributed by atoms with Crippen LogP contribution >= 0.6 is 0 Å². The number of carbonyl (C=O) groups excluding carboxylic acids is 1. The van der Waals surface area contributed by atoms with E-state index in [0.29, 0.717) is 55.9 Å². The molecule has 0 saturated carbocycles. The van der Waals surface area contributed by atoms with Crippen molar-refractivity contribution in [3.05, 3.63) is 40.4 Å². The van der Waals surface area contributed by atoms with Crippen molar-refractivity contribution >= 4 is 16.8 Å². The molecule has 0 fully saturated rings. The maximum Gasteiger partial charge on any atom is 0.261 e. The number of fused-ring (bicyclic) bond motifs is 1. The number of amides is 1. The van der Waals surface area contributed by atoms with E-state index in [1.807, 2.05) is 32.0 Å². The minimum atomic E-state index is -0.304. The monoisotopic (exact) mass is 375 g/mol. The molecule has 1 unspecified atom stereocenters. The zero-order valence-corrected chi connectivity index (χ0v) is 16.6. The van der Waals surface area contributed by atoms with Gasteiger partial charge >= 0.3 is 0 Å². The normalized spacial score (nSPS) is 12.3. The van der Waals surface area contributed by atoms with E-state index in [-0.39, 0.29) is 17.5 Å². The fourth-order valence-corrected chi connectivity index (χ4v) is 3.23. The van der Waals surface area contributed by atoms with Gasteiger partial charge in [-0.25, -0.2) is 4.98 Å². The Kier molecular flexibility index (Phi) is 7.94. The average Bonchev–Trinajstić information content (AvgIpc) is 2.70. The molecule has 0 saturated heterocycles. The van der Waals surface area contributed by atoms with Gasteiger partial charge in [0.25, 0.3) is 5.56 Å². The van der Waals surface area contributed by atoms with Crippen molar-refractivity contribution in [2.24, 2.45) is 0 Å². The standard InChI is InChI=1S/C20H29N3O4/c1-5-17(22(11-13-26-3)18(24)6-2)19-21-16-10-8-7-9-15(16)20(25)23(19)12-14-27-4/h7-10,17H,5-6,11-14H2,1-4H3. The minimum Gasteiger partial charge on any atom is -0.383 e. The summed E-state index contributed by atoms with van der Waals surface area (Å²) in [5, 5.41) is 0.567. The van der Waals surface area contributed by atoms with Gasteiger partial charge < -0.3 is 14.4 Å². The lowest BCUT2D eigenvalue weighted by atomic mass is 10.1. The Morgan fingerprint density at radius 1 is 1.19 bits per heavy atom. The smallest absolute Gasteiger partial charge is 0.261 e. The van der Waals surface area contributed by atoms with E-state index in [0.717, 1.165) is 0 Å². The van der Waals surface area contributed by atoms with Crippen LogP contribution < -0.4 is 5.56 Å². The molecule has 7 heteroatoms. The first-order valence-corrected chi connectivity index (χ1v) is 9.35. The molecule has 0 radical (unpaired) electrons. The highest BCUT2D eigenvalue weighted by atomic mass is 16.5. The van der Waals surface area contributed by atoms with Crippen molar-refractivity contribution in [2.75, 3.05) is 34.0 Å². The summed E-state index contributed by atoms with van der Waals surface area (Å²) < 4.78 is 12.0. The number of aromatic nitrogens is 2. The van der Waals surface area contributed by atoms with Crippen molar-refractivity contribution in [2.45, 2.75) is 39.3 Å². The predicted molar refractivity (Wildman–Crippen MR) is 105 cm³/mol. The molecule has 0 N–H and O–H groups in total. The molecule has 148 valence electrons. The third-order valence-corrected chi connectivity index (χ3v) is 4.63. The van der Waals surface area contributed by atoms with Crippen molar-refractivity contribution in [3.8, 4) is 0 Å². The third kappa shape index (κ3) is 4.73. The number of benzene rings is 1. The number of carbonyl (C=O) groups is 1. The number of ether oxygens (including phenoxy) is 2. The Hall–Kier alpha value is -2.25. The number of rotatable bonds is 10. The highest BCUT2D eigenvalue weighted by Gasteiger charge is 2.27. The van der Waals surface area contributed by atoms with Gasteiger partial charge in [-0.2, -0.15) is 0 Å². The zero-order chi connectivity index (χ0) is 19.8. The number of methoxy groups -OCH3 is 2. The Balaban J connectivity index is 2.63. The SMILES string of the molecule is CCC(=O)N(CCOC)C(CC)c1nc2ccccc2c(=O)n1CCOC. The van der Waals surface area contributed by atoms with Gasteiger partial charge in [0.15, 0.2) is 0 Å². The average molecular weight is 375 g/mol. The van der Waals surface area contributed by atoms with E-state index in [2.05, 4.69) is 0 Å². The van der Waals surface area contributed by atoms with Crippen LogP contribution in [0.15, 0.2) is 29.1 Å². The van der Waals surface area contributed by atoms with Gasteiger partial charge in [0, 0.05) is 27.2 Å². The topological polar surface area (TPSA) is 73.7 Å². The number of hydrogen-bond acceptors (Lipinski definition) is 5. The lowest BCUT2D eigenvalue weighted by Gasteiger charge is -2.32. The molecule has 2 aromatic rings. The molecule has 0 aliphatic rings. The van der Waals surface area contributed by atoms with E-state index in [1.165, 1.54) is 0 Å². The van der Waals surface area contributed by atoms with Crippen LogP contribution in [-0.2, 0) is 20.8 Å². The zero-order valence-electron chi connectivity index (χ0n) is 16.6. The predicted octanol–water partition coefficient (Wildman–Crippen LogP) is 2.38. The second-order valence-corrected chi connectivity index (χ2v) is 6.29. The van der Waals surface area contributed by atoms with Crippen LogP contribution in [-0.4, -0.2) is 54.3 Å². The summed E-state index contributed by atoms with van der Waals surface area (Å²) in [6.07, 6.45) is 1.03. The van der Waals surface area contributed by atoms with Gasteiger partial charge in [-0.15, -0.1) is 0 Å². The van der Waals surface area contributed by atoms with Crippen molar-refractivity contribution < 1.29 is 14.3 Å². The summed E-state index contributed by atoms with van der Waals surface area (Å²) in [7, 11) is 3.21. The fourth-order valence-electron chi connectivity index (χ4n) is 3.23. The maximum absolute atomic E-state index is 13.1. The number of hydrogen-bond donors (Lipinski definition) is 0. The lowest BCUT2D eigenvalue weighted by molar-refractivity contribution is -0.134. The molecule has 2 rings (SSSR count). The van der Waals surface area contributed by atoms with E-state index in [4.69, 9.17) is 14.5 Å². The Labute approximate surface area is 159 Å². The highest BCUT2D eigenvalue weighted by Crippen LogP contribution is 2.24. The van der Waals surface area contributed by atoms with Crippen LogP contribution in [0.1, 0.15) is 38.6 Å². The minimum absolute atomic E-state index is 0.0135. The molecule has 1 aromatic heterocycles. The Morgan fingerprint density at radius 2 is 1.89 bits per heavy atom. The van der Waals surface area contributed by atoms with Crippen molar-refractivity contribution in [1.82, 2.24) is 14.5 Å². The van der Waals surface area contributed by atoms with Gasteiger partial charge in [0.1, 0.15) is 5.82 Å².